The number of hydrogen-bond acceptors (Lipinski definition) is 4. The Labute approximate surface area is 102 Å². The van der Waals surface area contributed by atoms with E-state index >= 15 is 0 Å². The first-order chi connectivity index (χ1) is 7.29. The lowest BCUT2D eigenvalue weighted by molar-refractivity contribution is 0.112. The fourth-order valence-corrected chi connectivity index (χ4v) is 4.03. The van der Waals surface area contributed by atoms with Crippen LogP contribution in [0.5, 0.6) is 0 Å². The van der Waals surface area contributed by atoms with Crippen molar-refractivity contribution in [2.24, 2.45) is 5.92 Å². The van der Waals surface area contributed by atoms with Crippen molar-refractivity contribution < 1.29 is 4.74 Å². The van der Waals surface area contributed by atoms with E-state index in [0.717, 1.165) is 31.6 Å². The largest absolute Gasteiger partial charge is 0.380 e. The summed E-state index contributed by atoms with van der Waals surface area (Å²) in [6.45, 7) is 8.24. The number of ether oxygens (including phenoxy) is 1. The van der Waals surface area contributed by atoms with Gasteiger partial charge in [0.25, 0.3) is 0 Å². The van der Waals surface area contributed by atoms with E-state index in [1.54, 1.807) is 0 Å². The molecule has 1 aliphatic rings. The van der Waals surface area contributed by atoms with Crippen LogP contribution in [-0.4, -0.2) is 48.8 Å². The maximum Gasteiger partial charge on any atom is 0.0591 e. The Balaban J connectivity index is 1.83. The van der Waals surface area contributed by atoms with Crippen molar-refractivity contribution in [2.75, 3.05) is 43.6 Å². The van der Waals surface area contributed by atoms with Gasteiger partial charge in [0.2, 0.25) is 0 Å². The van der Waals surface area contributed by atoms with Crippen LogP contribution in [0.3, 0.4) is 0 Å². The van der Waals surface area contributed by atoms with E-state index in [2.05, 4.69) is 42.7 Å². The summed E-state index contributed by atoms with van der Waals surface area (Å²) in [6, 6.07) is 0. The molecule has 0 aliphatic carbocycles. The maximum absolute atomic E-state index is 5.51. The van der Waals surface area contributed by atoms with Crippen LogP contribution in [-0.2, 0) is 4.74 Å². The average molecular weight is 249 g/mol. The Morgan fingerprint density at radius 1 is 1.40 bits per heavy atom. The first-order valence-corrected chi connectivity index (χ1v) is 7.97. The van der Waals surface area contributed by atoms with E-state index in [-0.39, 0.29) is 0 Å². The molecule has 1 heterocycles. The third kappa shape index (κ3) is 7.50. The minimum absolute atomic E-state index is 0.648. The van der Waals surface area contributed by atoms with Gasteiger partial charge < -0.3 is 10.1 Å². The summed E-state index contributed by atoms with van der Waals surface area (Å²) in [5.74, 6) is 4.61. The van der Waals surface area contributed by atoms with Crippen molar-refractivity contribution in [3.05, 3.63) is 0 Å². The predicted molar refractivity (Wildman–Crippen MR) is 72.1 cm³/mol. The molecule has 1 fully saturated rings. The minimum atomic E-state index is 0.648. The normalized spacial score (nSPS) is 22.2. The molecule has 0 amide bonds. The average Bonchev–Trinajstić information content (AvgIpc) is 2.24. The van der Waals surface area contributed by atoms with Crippen LogP contribution in [0, 0.1) is 5.92 Å². The summed E-state index contributed by atoms with van der Waals surface area (Å²) in [6.07, 6.45) is 0. The summed E-state index contributed by atoms with van der Waals surface area (Å²) < 4.78 is 5.51. The zero-order valence-electron chi connectivity index (χ0n) is 9.83. The van der Waals surface area contributed by atoms with Gasteiger partial charge in [0, 0.05) is 42.2 Å². The Kier molecular flexibility index (Phi) is 7.97. The van der Waals surface area contributed by atoms with Crippen molar-refractivity contribution in [3.8, 4) is 0 Å². The Hall–Kier alpha value is 0.620. The van der Waals surface area contributed by atoms with Gasteiger partial charge in [0.1, 0.15) is 0 Å². The van der Waals surface area contributed by atoms with Crippen LogP contribution in [0.2, 0.25) is 0 Å². The van der Waals surface area contributed by atoms with Gasteiger partial charge in [-0.25, -0.2) is 0 Å². The third-order valence-electron chi connectivity index (χ3n) is 2.13. The maximum atomic E-state index is 5.51. The van der Waals surface area contributed by atoms with Gasteiger partial charge in [-0.1, -0.05) is 13.8 Å². The number of thioether (sulfide) groups is 2. The first kappa shape index (κ1) is 13.7. The van der Waals surface area contributed by atoms with Gasteiger partial charge in [-0.15, -0.1) is 0 Å². The van der Waals surface area contributed by atoms with Gasteiger partial charge >= 0.3 is 0 Å². The van der Waals surface area contributed by atoms with Crippen LogP contribution in [0.4, 0.5) is 0 Å². The van der Waals surface area contributed by atoms with Crippen molar-refractivity contribution in [1.82, 2.24) is 5.32 Å². The lowest BCUT2D eigenvalue weighted by Gasteiger charge is -2.21. The number of rotatable bonds is 7. The fraction of sp³-hybridized carbons (Fsp3) is 1.00. The lowest BCUT2D eigenvalue weighted by atomic mass is 10.2. The molecule has 90 valence electrons. The number of hydrogen-bond donors (Lipinski definition) is 1. The molecule has 1 unspecified atom stereocenters. The highest BCUT2D eigenvalue weighted by atomic mass is 32.2. The molecule has 0 saturated carbocycles. The predicted octanol–water partition coefficient (Wildman–Crippen LogP) is 2.10. The highest BCUT2D eigenvalue weighted by Gasteiger charge is 2.12. The molecule has 0 spiro atoms. The molecule has 0 aromatic carbocycles. The van der Waals surface area contributed by atoms with E-state index < -0.39 is 0 Å². The van der Waals surface area contributed by atoms with Crippen LogP contribution in [0.25, 0.3) is 0 Å². The molecule has 4 heteroatoms. The highest BCUT2D eigenvalue weighted by molar-refractivity contribution is 8.06. The summed E-state index contributed by atoms with van der Waals surface area (Å²) in [7, 11) is 0. The van der Waals surface area contributed by atoms with Crippen LogP contribution in [0.15, 0.2) is 0 Å². The molecule has 0 aromatic rings. The second kappa shape index (κ2) is 8.74. The molecule has 0 bridgehead atoms. The Morgan fingerprint density at radius 2 is 2.27 bits per heavy atom. The fourth-order valence-electron chi connectivity index (χ4n) is 1.38. The monoisotopic (exact) mass is 249 g/mol. The van der Waals surface area contributed by atoms with Crippen molar-refractivity contribution >= 4 is 23.5 Å². The van der Waals surface area contributed by atoms with Gasteiger partial charge in [-0.2, -0.15) is 23.5 Å². The summed E-state index contributed by atoms with van der Waals surface area (Å²) in [5, 5.41) is 4.28. The Morgan fingerprint density at radius 3 is 2.93 bits per heavy atom. The van der Waals surface area contributed by atoms with E-state index in [9.17, 15) is 0 Å². The molecule has 0 aromatic heterocycles. The van der Waals surface area contributed by atoms with Crippen molar-refractivity contribution in [2.45, 2.75) is 19.1 Å². The smallest absolute Gasteiger partial charge is 0.0591 e. The van der Waals surface area contributed by atoms with E-state index in [1.807, 2.05) is 0 Å². The van der Waals surface area contributed by atoms with Crippen molar-refractivity contribution in [3.63, 3.8) is 0 Å². The van der Waals surface area contributed by atoms with Gasteiger partial charge in [-0.3, -0.25) is 0 Å². The van der Waals surface area contributed by atoms with E-state index in [4.69, 9.17) is 4.74 Å². The highest BCUT2D eigenvalue weighted by Crippen LogP contribution is 2.23. The second-order valence-electron chi connectivity index (χ2n) is 4.24. The zero-order chi connectivity index (χ0) is 10.9. The second-order valence-corrected chi connectivity index (χ2v) is 6.80. The number of nitrogens with one attached hydrogen (secondary N) is 1. The zero-order valence-corrected chi connectivity index (χ0v) is 11.5. The quantitative estimate of drug-likeness (QED) is 0.697. The molecule has 1 N–H and O–H groups in total. The molecular formula is C11H23NOS2. The molecule has 1 saturated heterocycles. The molecule has 1 atom stereocenters. The summed E-state index contributed by atoms with van der Waals surface area (Å²) in [5.41, 5.74) is 0. The van der Waals surface area contributed by atoms with Crippen LogP contribution in [0.1, 0.15) is 13.8 Å². The van der Waals surface area contributed by atoms with E-state index in [1.165, 1.54) is 17.3 Å². The Bertz CT molecular complexity index is 150. The molecular weight excluding hydrogens is 226 g/mol. The molecule has 2 nitrogen and oxygen atoms in total. The molecule has 1 aliphatic heterocycles. The molecule has 0 radical (unpaired) electrons. The van der Waals surface area contributed by atoms with Crippen LogP contribution >= 0.6 is 23.5 Å². The minimum Gasteiger partial charge on any atom is -0.380 e. The van der Waals surface area contributed by atoms with Gasteiger partial charge in [0.05, 0.1) is 6.61 Å². The van der Waals surface area contributed by atoms with Gasteiger partial charge in [0.15, 0.2) is 0 Å². The third-order valence-corrected chi connectivity index (χ3v) is 4.98. The SMILES string of the molecule is CC(C)COCCNCC1CSCCS1. The standard InChI is InChI=1S/C11H23NOS2/c1-10(2)8-13-4-3-12-7-11-9-14-5-6-15-11/h10-12H,3-9H2,1-2H3. The van der Waals surface area contributed by atoms with E-state index in [0.29, 0.717) is 5.92 Å². The first-order valence-electron chi connectivity index (χ1n) is 5.77. The summed E-state index contributed by atoms with van der Waals surface area (Å²) in [4.78, 5) is 0. The summed E-state index contributed by atoms with van der Waals surface area (Å²) >= 11 is 4.19. The van der Waals surface area contributed by atoms with Crippen molar-refractivity contribution in [1.29, 1.82) is 0 Å². The lowest BCUT2D eigenvalue weighted by Crippen LogP contribution is -2.31. The molecule has 15 heavy (non-hydrogen) atoms. The van der Waals surface area contributed by atoms with Gasteiger partial charge in [-0.05, 0) is 5.92 Å². The molecule has 1 rings (SSSR count). The topological polar surface area (TPSA) is 21.3 Å². The van der Waals surface area contributed by atoms with Crippen LogP contribution < -0.4 is 5.32 Å².